The number of rotatable bonds is 7. The third kappa shape index (κ3) is 6.27. The molecule has 2 amide bonds. The van der Waals surface area contributed by atoms with Crippen molar-refractivity contribution >= 4 is 29.2 Å². The molecule has 1 aromatic heterocycles. The Bertz CT molecular complexity index is 830. The van der Waals surface area contributed by atoms with E-state index in [0.717, 1.165) is 18.7 Å². The summed E-state index contributed by atoms with van der Waals surface area (Å²) >= 11 is 12.1. The van der Waals surface area contributed by atoms with Gasteiger partial charge in [0.1, 0.15) is 0 Å². The number of ether oxygens (including phenoxy) is 1. The van der Waals surface area contributed by atoms with Crippen molar-refractivity contribution in [3.05, 3.63) is 39.6 Å². The Morgan fingerprint density at radius 1 is 1.31 bits per heavy atom. The summed E-state index contributed by atoms with van der Waals surface area (Å²) in [4.78, 5) is 14.4. The van der Waals surface area contributed by atoms with Crippen LogP contribution in [0.2, 0.25) is 10.0 Å². The van der Waals surface area contributed by atoms with Gasteiger partial charge >= 0.3 is 6.03 Å². The number of aromatic nitrogens is 4. The molecule has 158 valence electrons. The van der Waals surface area contributed by atoms with Crippen LogP contribution in [0.1, 0.15) is 31.3 Å². The zero-order valence-corrected chi connectivity index (χ0v) is 17.9. The highest BCUT2D eigenvalue weighted by Gasteiger charge is 2.21. The molecule has 0 spiro atoms. The molecule has 2 N–H and O–H groups in total. The van der Waals surface area contributed by atoms with Crippen molar-refractivity contribution in [3.8, 4) is 0 Å². The van der Waals surface area contributed by atoms with E-state index < -0.39 is 0 Å². The van der Waals surface area contributed by atoms with Crippen LogP contribution >= 0.6 is 23.2 Å². The minimum atomic E-state index is -0.284. The molecular weight excluding hydrogens is 417 g/mol. The highest BCUT2D eigenvalue weighted by Crippen LogP contribution is 2.23. The van der Waals surface area contributed by atoms with Crippen molar-refractivity contribution in [1.29, 1.82) is 0 Å². The zero-order chi connectivity index (χ0) is 20.8. The Morgan fingerprint density at radius 3 is 2.90 bits per heavy atom. The largest absolute Gasteiger partial charge is 0.374 e. The first-order valence-corrected chi connectivity index (χ1v) is 10.2. The molecule has 29 heavy (non-hydrogen) atoms. The van der Waals surface area contributed by atoms with Gasteiger partial charge in [-0.25, -0.2) is 9.48 Å². The lowest BCUT2D eigenvalue weighted by Gasteiger charge is -2.33. The van der Waals surface area contributed by atoms with E-state index in [9.17, 15) is 4.79 Å². The van der Waals surface area contributed by atoms with Crippen LogP contribution in [0.5, 0.6) is 0 Å². The number of carbonyl (C=O) groups is 1. The first kappa shape index (κ1) is 21.8. The van der Waals surface area contributed by atoms with Crippen LogP contribution in [0.3, 0.4) is 0 Å². The molecule has 2 aromatic rings. The van der Waals surface area contributed by atoms with E-state index in [1.165, 1.54) is 0 Å². The van der Waals surface area contributed by atoms with E-state index in [1.54, 1.807) is 10.7 Å². The van der Waals surface area contributed by atoms with E-state index in [0.29, 0.717) is 35.6 Å². The minimum Gasteiger partial charge on any atom is -0.374 e. The summed E-state index contributed by atoms with van der Waals surface area (Å²) in [6.45, 7) is 7.52. The second-order valence-corrected chi connectivity index (χ2v) is 7.99. The molecule has 0 aliphatic carbocycles. The highest BCUT2D eigenvalue weighted by atomic mass is 35.5. The number of nitrogens with one attached hydrogen (secondary N) is 2. The molecule has 11 heteroatoms. The second-order valence-electron chi connectivity index (χ2n) is 7.17. The van der Waals surface area contributed by atoms with E-state index in [4.69, 9.17) is 27.9 Å². The first-order valence-electron chi connectivity index (χ1n) is 9.48. The number of carbonyl (C=O) groups excluding carboxylic acids is 1. The van der Waals surface area contributed by atoms with Crippen molar-refractivity contribution in [1.82, 2.24) is 35.7 Å². The fraction of sp³-hybridized carbons (Fsp3) is 0.556. The first-order chi connectivity index (χ1) is 13.9. The van der Waals surface area contributed by atoms with Gasteiger partial charge in [-0.2, -0.15) is 0 Å². The third-order valence-electron chi connectivity index (χ3n) is 4.56. The van der Waals surface area contributed by atoms with E-state index in [1.807, 2.05) is 26.0 Å². The molecule has 1 aliphatic heterocycles. The standard InChI is InChI=1S/C18H25Cl2N7O2/c1-12(2)27-17(23-24-25-27)9-22-18(28)21-8-14-11-26(5-6-29-14)10-13-3-4-15(19)16(20)7-13/h3-4,7,12,14H,5-6,8-11H2,1-2H3,(H2,21,22,28)/t14-/m0/s1. The normalized spacial score (nSPS) is 17.5. The molecular formula is C18H25Cl2N7O2. The number of nitrogens with zero attached hydrogens (tertiary/aromatic N) is 5. The number of benzene rings is 1. The molecule has 1 atom stereocenters. The summed E-state index contributed by atoms with van der Waals surface area (Å²) in [5, 5.41) is 18.2. The maximum atomic E-state index is 12.1. The van der Waals surface area contributed by atoms with Gasteiger partial charge < -0.3 is 15.4 Å². The Hall–Kier alpha value is -1.94. The Morgan fingerprint density at radius 2 is 2.14 bits per heavy atom. The number of amides is 2. The minimum absolute atomic E-state index is 0.0849. The molecule has 0 bridgehead atoms. The SMILES string of the molecule is CC(C)n1nnnc1CNC(=O)NC[C@H]1CN(Cc2ccc(Cl)c(Cl)c2)CCO1. The Balaban J connectivity index is 1.42. The number of tetrazole rings is 1. The zero-order valence-electron chi connectivity index (χ0n) is 16.4. The van der Waals surface area contributed by atoms with Gasteiger partial charge in [-0.1, -0.05) is 29.3 Å². The predicted molar refractivity (Wildman–Crippen MR) is 110 cm³/mol. The van der Waals surface area contributed by atoms with Gasteiger partial charge in [-0.05, 0) is 42.0 Å². The molecule has 0 saturated carbocycles. The number of urea groups is 1. The number of halogens is 2. The Labute approximate surface area is 179 Å². The van der Waals surface area contributed by atoms with Crippen LogP contribution in [-0.2, 0) is 17.8 Å². The number of hydrogen-bond acceptors (Lipinski definition) is 6. The summed E-state index contributed by atoms with van der Waals surface area (Å²) in [7, 11) is 0. The summed E-state index contributed by atoms with van der Waals surface area (Å²) in [6, 6.07) is 5.49. The average molecular weight is 442 g/mol. The van der Waals surface area contributed by atoms with Crippen LogP contribution in [0.25, 0.3) is 0 Å². The third-order valence-corrected chi connectivity index (χ3v) is 5.30. The van der Waals surface area contributed by atoms with Gasteiger partial charge in [0.15, 0.2) is 5.82 Å². The molecule has 2 heterocycles. The maximum Gasteiger partial charge on any atom is 0.315 e. The van der Waals surface area contributed by atoms with Crippen molar-refractivity contribution in [2.24, 2.45) is 0 Å². The van der Waals surface area contributed by atoms with Gasteiger partial charge in [0.2, 0.25) is 0 Å². The van der Waals surface area contributed by atoms with Crippen molar-refractivity contribution in [3.63, 3.8) is 0 Å². The molecule has 3 rings (SSSR count). The average Bonchev–Trinajstić information content (AvgIpc) is 3.17. The number of morpholine rings is 1. The fourth-order valence-electron chi connectivity index (χ4n) is 3.10. The van der Waals surface area contributed by atoms with Gasteiger partial charge in [0.05, 0.1) is 35.3 Å². The second kappa shape index (κ2) is 10.2. The van der Waals surface area contributed by atoms with Gasteiger partial charge in [-0.15, -0.1) is 5.10 Å². The molecule has 0 unspecified atom stereocenters. The van der Waals surface area contributed by atoms with Crippen LogP contribution in [0.4, 0.5) is 4.79 Å². The smallest absolute Gasteiger partial charge is 0.315 e. The van der Waals surface area contributed by atoms with Crippen LogP contribution in [0.15, 0.2) is 18.2 Å². The van der Waals surface area contributed by atoms with E-state index in [-0.39, 0.29) is 24.7 Å². The van der Waals surface area contributed by atoms with Crippen molar-refractivity contribution < 1.29 is 9.53 Å². The van der Waals surface area contributed by atoms with Gasteiger partial charge in [-0.3, -0.25) is 4.90 Å². The summed E-state index contributed by atoms with van der Waals surface area (Å²) in [6.07, 6.45) is -0.0849. The number of hydrogen-bond donors (Lipinski definition) is 2. The summed E-state index contributed by atoms with van der Waals surface area (Å²) < 4.78 is 7.44. The van der Waals surface area contributed by atoms with Crippen LogP contribution < -0.4 is 10.6 Å². The van der Waals surface area contributed by atoms with Crippen LogP contribution in [0, 0.1) is 0 Å². The van der Waals surface area contributed by atoms with Crippen LogP contribution in [-0.4, -0.2) is 63.5 Å². The molecule has 1 aliphatic rings. The quantitative estimate of drug-likeness (QED) is 0.683. The van der Waals surface area contributed by atoms with E-state index >= 15 is 0 Å². The maximum absolute atomic E-state index is 12.1. The monoisotopic (exact) mass is 441 g/mol. The Kier molecular flexibility index (Phi) is 7.65. The molecule has 1 saturated heterocycles. The lowest BCUT2D eigenvalue weighted by molar-refractivity contribution is -0.0287. The lowest BCUT2D eigenvalue weighted by Crippen LogP contribution is -2.48. The van der Waals surface area contributed by atoms with Gasteiger partial charge in [0, 0.05) is 26.2 Å². The molecule has 9 nitrogen and oxygen atoms in total. The lowest BCUT2D eigenvalue weighted by atomic mass is 10.2. The van der Waals surface area contributed by atoms with Crippen molar-refractivity contribution in [2.45, 2.75) is 39.1 Å². The van der Waals surface area contributed by atoms with E-state index in [2.05, 4.69) is 31.1 Å². The fourth-order valence-corrected chi connectivity index (χ4v) is 3.42. The highest BCUT2D eigenvalue weighted by molar-refractivity contribution is 6.42. The molecule has 1 fully saturated rings. The van der Waals surface area contributed by atoms with Crippen molar-refractivity contribution in [2.75, 3.05) is 26.2 Å². The summed E-state index contributed by atoms with van der Waals surface area (Å²) in [5.74, 6) is 0.608. The topological polar surface area (TPSA) is 97.2 Å². The predicted octanol–water partition coefficient (Wildman–Crippen LogP) is 2.26. The molecule has 1 aromatic carbocycles. The summed E-state index contributed by atoms with van der Waals surface area (Å²) in [5.41, 5.74) is 1.09. The molecule has 0 radical (unpaired) electrons. The van der Waals surface area contributed by atoms with Gasteiger partial charge in [0.25, 0.3) is 0 Å².